The van der Waals surface area contributed by atoms with Gasteiger partial charge in [0, 0.05) is 19.2 Å². The summed E-state index contributed by atoms with van der Waals surface area (Å²) in [5.41, 5.74) is 7.30. The minimum atomic E-state index is -0.671. The van der Waals surface area contributed by atoms with E-state index in [1.165, 1.54) is 16.5 Å². The van der Waals surface area contributed by atoms with Gasteiger partial charge in [-0.3, -0.25) is 19.1 Å². The molecule has 0 unspecified atom stereocenters. The van der Waals surface area contributed by atoms with E-state index in [9.17, 15) is 14.4 Å². The summed E-state index contributed by atoms with van der Waals surface area (Å²) in [5.74, 6) is -0.358. The third-order valence-corrected chi connectivity index (χ3v) is 4.34. The zero-order chi connectivity index (χ0) is 18.7. The zero-order valence-corrected chi connectivity index (χ0v) is 15.0. The van der Waals surface area contributed by atoms with Gasteiger partial charge in [-0.15, -0.1) is 0 Å². The maximum atomic E-state index is 12.8. The average Bonchev–Trinajstić information content (AvgIpc) is 2.56. The van der Waals surface area contributed by atoms with Crippen molar-refractivity contribution in [1.82, 2.24) is 9.55 Å². The summed E-state index contributed by atoms with van der Waals surface area (Å²) in [5, 5.41) is 0. The van der Waals surface area contributed by atoms with Crippen LogP contribution in [-0.4, -0.2) is 22.5 Å². The first kappa shape index (κ1) is 18.5. The number of rotatable bonds is 5. The lowest BCUT2D eigenvalue weighted by molar-refractivity contribution is 0.0992. The Morgan fingerprint density at radius 1 is 1.24 bits per heavy atom. The highest BCUT2D eigenvalue weighted by molar-refractivity contribution is 6.07. The Labute approximate surface area is 146 Å². The highest BCUT2D eigenvalue weighted by Gasteiger charge is 2.22. The van der Waals surface area contributed by atoms with Gasteiger partial charge in [0.05, 0.1) is 0 Å². The predicted octanol–water partition coefficient (Wildman–Crippen LogP) is 1.81. The number of nitrogens with two attached hydrogens (primary N) is 1. The van der Waals surface area contributed by atoms with E-state index in [4.69, 9.17) is 5.73 Å². The van der Waals surface area contributed by atoms with Gasteiger partial charge in [0.2, 0.25) is 0 Å². The second-order valence-electron chi connectivity index (χ2n) is 6.16. The molecule has 7 nitrogen and oxygen atoms in total. The van der Waals surface area contributed by atoms with Crippen molar-refractivity contribution in [3.05, 3.63) is 55.7 Å². The first-order chi connectivity index (χ1) is 11.8. The smallest absolute Gasteiger partial charge is 0.330 e. The van der Waals surface area contributed by atoms with E-state index in [1.54, 1.807) is 12.1 Å². The van der Waals surface area contributed by atoms with Gasteiger partial charge in [0.1, 0.15) is 5.82 Å². The molecule has 0 saturated carbocycles. The second kappa shape index (κ2) is 7.38. The summed E-state index contributed by atoms with van der Waals surface area (Å²) in [6.07, 6.45) is 1.61. The van der Waals surface area contributed by atoms with E-state index < -0.39 is 11.2 Å². The van der Waals surface area contributed by atoms with E-state index in [1.807, 2.05) is 26.8 Å². The zero-order valence-electron chi connectivity index (χ0n) is 15.0. The van der Waals surface area contributed by atoms with Crippen LogP contribution in [0.1, 0.15) is 41.3 Å². The maximum absolute atomic E-state index is 12.8. The third-order valence-electron chi connectivity index (χ3n) is 4.34. The lowest BCUT2D eigenvalue weighted by Gasteiger charge is -2.20. The van der Waals surface area contributed by atoms with E-state index >= 15 is 0 Å². The lowest BCUT2D eigenvalue weighted by Crippen LogP contribution is -2.39. The fraction of sp³-hybridized carbons (Fsp3) is 0.389. The molecule has 1 amide bonds. The van der Waals surface area contributed by atoms with Crippen LogP contribution in [0.3, 0.4) is 0 Å². The molecule has 1 aromatic carbocycles. The van der Waals surface area contributed by atoms with Crippen molar-refractivity contribution in [3.8, 4) is 0 Å². The van der Waals surface area contributed by atoms with Crippen molar-refractivity contribution in [2.45, 2.75) is 40.2 Å². The lowest BCUT2D eigenvalue weighted by atomic mass is 10.1. The molecule has 1 aromatic heterocycles. The molecule has 25 heavy (non-hydrogen) atoms. The Hall–Kier alpha value is -2.83. The Morgan fingerprint density at radius 2 is 1.92 bits per heavy atom. The number of benzene rings is 1. The topological polar surface area (TPSA) is 101 Å². The van der Waals surface area contributed by atoms with Gasteiger partial charge in [-0.1, -0.05) is 19.4 Å². The van der Waals surface area contributed by atoms with Crippen molar-refractivity contribution in [1.29, 1.82) is 0 Å². The summed E-state index contributed by atoms with van der Waals surface area (Å²) >= 11 is 0. The summed E-state index contributed by atoms with van der Waals surface area (Å²) in [6.45, 7) is 6.25. The highest BCUT2D eigenvalue weighted by Crippen LogP contribution is 2.19. The van der Waals surface area contributed by atoms with E-state index in [2.05, 4.69) is 4.98 Å². The third kappa shape index (κ3) is 3.65. The number of nitrogens with one attached hydrogen (secondary N) is 1. The van der Waals surface area contributed by atoms with E-state index in [0.29, 0.717) is 12.1 Å². The summed E-state index contributed by atoms with van der Waals surface area (Å²) in [6, 6.07) is 5.33. The van der Waals surface area contributed by atoms with Gasteiger partial charge in [-0.2, -0.15) is 0 Å². The first-order valence-corrected chi connectivity index (χ1v) is 8.25. The van der Waals surface area contributed by atoms with Crippen LogP contribution in [0.25, 0.3) is 0 Å². The number of nitrogens with zero attached hydrogens (tertiary/aromatic N) is 2. The predicted molar refractivity (Wildman–Crippen MR) is 99.3 cm³/mol. The number of anilines is 2. The van der Waals surface area contributed by atoms with Gasteiger partial charge in [-0.25, -0.2) is 4.79 Å². The molecule has 0 atom stereocenters. The van der Waals surface area contributed by atoms with Crippen molar-refractivity contribution in [2.75, 3.05) is 17.7 Å². The number of nitrogen functional groups attached to an aromatic ring is 1. The number of aromatic amines is 1. The van der Waals surface area contributed by atoms with Crippen LogP contribution in [0, 0.1) is 13.8 Å². The largest absolute Gasteiger partial charge is 0.383 e. The molecule has 0 aliphatic heterocycles. The number of carbonyl (C=O) groups excluding carboxylic acids is 1. The van der Waals surface area contributed by atoms with Gasteiger partial charge < -0.3 is 10.6 Å². The van der Waals surface area contributed by atoms with Crippen LogP contribution in [0.2, 0.25) is 0 Å². The standard InChI is InChI=1S/C18H24N4O3/c1-5-6-9-22-15(19)14(16(23)20-18(22)25)21(4)17(24)13-8-7-11(2)12(3)10-13/h7-8,10H,5-6,9,19H2,1-4H3,(H,20,23,25). The molecule has 2 aromatic rings. The summed E-state index contributed by atoms with van der Waals surface area (Å²) < 4.78 is 1.30. The highest BCUT2D eigenvalue weighted by atomic mass is 16.2. The van der Waals surface area contributed by atoms with Crippen LogP contribution in [0.15, 0.2) is 27.8 Å². The van der Waals surface area contributed by atoms with Gasteiger partial charge in [0.25, 0.3) is 11.5 Å². The molecule has 0 saturated heterocycles. The number of hydrogen-bond acceptors (Lipinski definition) is 4. The molecule has 0 spiro atoms. The molecule has 0 aliphatic carbocycles. The van der Waals surface area contributed by atoms with Crippen LogP contribution in [0.4, 0.5) is 11.5 Å². The Morgan fingerprint density at radius 3 is 2.52 bits per heavy atom. The van der Waals surface area contributed by atoms with Crippen molar-refractivity contribution >= 4 is 17.4 Å². The monoisotopic (exact) mass is 344 g/mol. The Kier molecular flexibility index (Phi) is 5.46. The van der Waals surface area contributed by atoms with Crippen molar-refractivity contribution in [3.63, 3.8) is 0 Å². The maximum Gasteiger partial charge on any atom is 0.330 e. The Balaban J connectivity index is 2.49. The number of aryl methyl sites for hydroxylation is 2. The number of carbonyl (C=O) groups is 1. The van der Waals surface area contributed by atoms with Gasteiger partial charge in [-0.05, 0) is 43.5 Å². The quantitative estimate of drug-likeness (QED) is 0.863. The molecule has 0 radical (unpaired) electrons. The van der Waals surface area contributed by atoms with Crippen LogP contribution >= 0.6 is 0 Å². The molecule has 1 heterocycles. The molecular formula is C18H24N4O3. The fourth-order valence-corrected chi connectivity index (χ4v) is 2.61. The van der Waals surface area contributed by atoms with E-state index in [-0.39, 0.29) is 17.4 Å². The number of H-pyrrole nitrogens is 1. The van der Waals surface area contributed by atoms with Crippen LogP contribution in [-0.2, 0) is 6.54 Å². The minimum absolute atomic E-state index is 0.00174. The molecule has 3 N–H and O–H groups in total. The van der Waals surface area contributed by atoms with Gasteiger partial charge in [0.15, 0.2) is 5.69 Å². The molecular weight excluding hydrogens is 320 g/mol. The molecule has 0 aliphatic rings. The normalized spacial score (nSPS) is 10.7. The first-order valence-electron chi connectivity index (χ1n) is 8.25. The molecule has 0 fully saturated rings. The van der Waals surface area contributed by atoms with Crippen LogP contribution in [0.5, 0.6) is 0 Å². The minimum Gasteiger partial charge on any atom is -0.383 e. The fourth-order valence-electron chi connectivity index (χ4n) is 2.61. The second-order valence-corrected chi connectivity index (χ2v) is 6.16. The molecule has 134 valence electrons. The van der Waals surface area contributed by atoms with Crippen LogP contribution < -0.4 is 21.9 Å². The van der Waals surface area contributed by atoms with Gasteiger partial charge >= 0.3 is 5.69 Å². The number of amides is 1. The molecule has 0 bridgehead atoms. The van der Waals surface area contributed by atoms with Crippen molar-refractivity contribution in [2.24, 2.45) is 0 Å². The number of unbranched alkanes of at least 4 members (excludes halogenated alkanes) is 1. The summed E-state index contributed by atoms with van der Waals surface area (Å²) in [7, 11) is 1.48. The Bertz CT molecular complexity index is 912. The van der Waals surface area contributed by atoms with Crippen molar-refractivity contribution < 1.29 is 4.79 Å². The molecule has 2 rings (SSSR count). The number of aromatic nitrogens is 2. The average molecular weight is 344 g/mol. The SMILES string of the molecule is CCCCn1c(N)c(N(C)C(=O)c2ccc(C)c(C)c2)c(=O)[nH]c1=O. The summed E-state index contributed by atoms with van der Waals surface area (Å²) in [4.78, 5) is 40.4. The number of hydrogen-bond donors (Lipinski definition) is 2. The molecule has 7 heteroatoms. The van der Waals surface area contributed by atoms with E-state index in [0.717, 1.165) is 24.0 Å².